The molecular weight excluding hydrogens is 540 g/mol. The van der Waals surface area contributed by atoms with Crippen LogP contribution >= 0.6 is 11.6 Å². The van der Waals surface area contributed by atoms with Crippen LogP contribution in [0.25, 0.3) is 16.9 Å². The van der Waals surface area contributed by atoms with Gasteiger partial charge in [-0.3, -0.25) is 9.78 Å². The summed E-state index contributed by atoms with van der Waals surface area (Å²) in [6.45, 7) is 0.490. The van der Waals surface area contributed by atoms with E-state index in [0.717, 1.165) is 4.57 Å². The SMILES string of the molecule is CCNC(=O)COc1cc(Cl)c(-n2c(=O)[nH]c3c(OC)nc(CF)nc32)cc1OCc1c(F)cccc1OC. The Morgan fingerprint density at radius 3 is 2.59 bits per heavy atom. The molecule has 0 bridgehead atoms. The molecule has 4 rings (SSSR count). The maximum absolute atomic E-state index is 14.5. The molecular formula is C25H24ClF2N5O6. The van der Waals surface area contributed by atoms with E-state index in [-0.39, 0.29) is 69.6 Å². The fraction of sp³-hybridized carbons (Fsp3) is 0.280. The molecule has 2 N–H and O–H groups in total. The van der Waals surface area contributed by atoms with Gasteiger partial charge in [-0.05, 0) is 19.1 Å². The number of benzene rings is 2. The van der Waals surface area contributed by atoms with Crippen molar-refractivity contribution in [3.63, 3.8) is 0 Å². The van der Waals surface area contributed by atoms with Gasteiger partial charge in [0.2, 0.25) is 5.88 Å². The van der Waals surface area contributed by atoms with Crippen LogP contribution in [-0.2, 0) is 18.1 Å². The number of aromatic nitrogens is 4. The zero-order valence-electron chi connectivity index (χ0n) is 21.1. The van der Waals surface area contributed by atoms with Crippen LogP contribution in [0.2, 0.25) is 5.02 Å². The fourth-order valence-electron chi connectivity index (χ4n) is 3.77. The Kier molecular flexibility index (Phi) is 8.49. The number of halogens is 3. The molecule has 1 amide bonds. The summed E-state index contributed by atoms with van der Waals surface area (Å²) in [4.78, 5) is 35.6. The Morgan fingerprint density at radius 2 is 1.90 bits per heavy atom. The van der Waals surface area contributed by atoms with E-state index < -0.39 is 24.1 Å². The molecule has 2 heterocycles. The van der Waals surface area contributed by atoms with Crippen LogP contribution in [0, 0.1) is 5.82 Å². The molecule has 0 saturated heterocycles. The minimum atomic E-state index is -1.01. The fourth-order valence-corrected chi connectivity index (χ4v) is 4.00. The highest BCUT2D eigenvalue weighted by Crippen LogP contribution is 2.37. The molecule has 0 radical (unpaired) electrons. The highest BCUT2D eigenvalue weighted by Gasteiger charge is 2.22. The first-order chi connectivity index (χ1) is 18.8. The zero-order valence-corrected chi connectivity index (χ0v) is 21.9. The lowest BCUT2D eigenvalue weighted by Crippen LogP contribution is -2.28. The molecule has 0 fully saturated rings. The summed E-state index contributed by atoms with van der Waals surface area (Å²) < 4.78 is 51.0. The summed E-state index contributed by atoms with van der Waals surface area (Å²) >= 11 is 6.54. The molecule has 39 heavy (non-hydrogen) atoms. The first kappa shape index (κ1) is 27.6. The van der Waals surface area contributed by atoms with Crippen molar-refractivity contribution in [2.24, 2.45) is 0 Å². The number of hydrogen-bond acceptors (Lipinski definition) is 8. The third-order valence-electron chi connectivity index (χ3n) is 5.52. The predicted octanol–water partition coefficient (Wildman–Crippen LogP) is 3.48. The lowest BCUT2D eigenvalue weighted by Gasteiger charge is -2.17. The average Bonchev–Trinajstić information content (AvgIpc) is 3.26. The number of methoxy groups -OCH3 is 2. The Balaban J connectivity index is 1.83. The second-order valence-corrected chi connectivity index (χ2v) is 8.36. The summed E-state index contributed by atoms with van der Waals surface area (Å²) in [5, 5.41) is 2.62. The molecule has 206 valence electrons. The van der Waals surface area contributed by atoms with Crippen molar-refractivity contribution in [1.82, 2.24) is 24.8 Å². The molecule has 2 aromatic heterocycles. The van der Waals surface area contributed by atoms with Crippen molar-refractivity contribution in [2.45, 2.75) is 20.2 Å². The van der Waals surface area contributed by atoms with Gasteiger partial charge in [0.25, 0.3) is 5.91 Å². The van der Waals surface area contributed by atoms with E-state index in [1.165, 1.54) is 38.5 Å². The number of hydrogen-bond donors (Lipinski definition) is 2. The molecule has 0 aliphatic heterocycles. The number of likely N-dealkylation sites (N-methyl/N-ethyl adjacent to an activating group) is 1. The van der Waals surface area contributed by atoms with Gasteiger partial charge in [0, 0.05) is 18.7 Å². The Hall–Kier alpha value is -4.39. The molecule has 0 atom stereocenters. The van der Waals surface area contributed by atoms with Gasteiger partial charge in [0.15, 0.2) is 29.6 Å². The van der Waals surface area contributed by atoms with E-state index >= 15 is 0 Å². The van der Waals surface area contributed by atoms with Crippen molar-refractivity contribution in [3.8, 4) is 28.8 Å². The van der Waals surface area contributed by atoms with E-state index in [0.29, 0.717) is 6.54 Å². The second kappa shape index (κ2) is 12.0. The number of nitrogens with one attached hydrogen (secondary N) is 2. The van der Waals surface area contributed by atoms with Gasteiger partial charge in [-0.1, -0.05) is 17.7 Å². The number of H-pyrrole nitrogens is 1. The first-order valence-electron chi connectivity index (χ1n) is 11.6. The number of ether oxygens (including phenoxy) is 4. The number of fused-ring (bicyclic) bond motifs is 1. The second-order valence-electron chi connectivity index (χ2n) is 7.95. The lowest BCUT2D eigenvalue weighted by molar-refractivity contribution is -0.123. The quantitative estimate of drug-likeness (QED) is 0.284. The van der Waals surface area contributed by atoms with Gasteiger partial charge in [-0.15, -0.1) is 0 Å². The normalized spacial score (nSPS) is 10.9. The van der Waals surface area contributed by atoms with Crippen LogP contribution in [0.4, 0.5) is 8.78 Å². The van der Waals surface area contributed by atoms with E-state index in [1.807, 2.05) is 0 Å². The molecule has 0 spiro atoms. The maximum atomic E-state index is 14.5. The third kappa shape index (κ3) is 5.72. The maximum Gasteiger partial charge on any atom is 0.332 e. The van der Waals surface area contributed by atoms with Crippen molar-refractivity contribution < 1.29 is 32.5 Å². The van der Waals surface area contributed by atoms with Crippen LogP contribution in [0.3, 0.4) is 0 Å². The minimum absolute atomic E-state index is 0.000819. The summed E-state index contributed by atoms with van der Waals surface area (Å²) in [7, 11) is 2.71. The molecule has 14 heteroatoms. The van der Waals surface area contributed by atoms with Crippen LogP contribution in [0.15, 0.2) is 35.1 Å². The lowest BCUT2D eigenvalue weighted by atomic mass is 10.2. The largest absolute Gasteiger partial charge is 0.496 e. The number of alkyl halides is 1. The summed E-state index contributed by atoms with van der Waals surface area (Å²) in [5.41, 5.74) is -0.349. The number of nitrogens with zero attached hydrogens (tertiary/aromatic N) is 3. The Labute approximate surface area is 225 Å². The van der Waals surface area contributed by atoms with Crippen molar-refractivity contribution in [3.05, 3.63) is 63.0 Å². The highest BCUT2D eigenvalue weighted by molar-refractivity contribution is 6.32. The third-order valence-corrected chi connectivity index (χ3v) is 5.82. The van der Waals surface area contributed by atoms with Crippen molar-refractivity contribution in [1.29, 1.82) is 0 Å². The summed E-state index contributed by atoms with van der Waals surface area (Å²) in [6, 6.07) is 7.01. The number of carbonyl (C=O) groups is 1. The van der Waals surface area contributed by atoms with E-state index in [4.69, 9.17) is 30.5 Å². The predicted molar refractivity (Wildman–Crippen MR) is 137 cm³/mol. The molecule has 2 aromatic carbocycles. The molecule has 4 aromatic rings. The van der Waals surface area contributed by atoms with Gasteiger partial charge in [0.05, 0.1) is 30.5 Å². The van der Waals surface area contributed by atoms with Gasteiger partial charge >= 0.3 is 5.69 Å². The van der Waals surface area contributed by atoms with Crippen molar-refractivity contribution >= 4 is 28.7 Å². The summed E-state index contributed by atoms with van der Waals surface area (Å²) in [6.07, 6.45) is 0. The van der Waals surface area contributed by atoms with Gasteiger partial charge in [-0.25, -0.2) is 23.1 Å². The molecule has 0 aliphatic carbocycles. The van der Waals surface area contributed by atoms with E-state index in [9.17, 15) is 18.4 Å². The van der Waals surface area contributed by atoms with Crippen LogP contribution in [0.1, 0.15) is 18.3 Å². The van der Waals surface area contributed by atoms with E-state index in [2.05, 4.69) is 20.3 Å². The minimum Gasteiger partial charge on any atom is -0.496 e. The number of amides is 1. The molecule has 11 nitrogen and oxygen atoms in total. The Morgan fingerprint density at radius 1 is 1.13 bits per heavy atom. The molecule has 0 aliphatic rings. The smallest absolute Gasteiger partial charge is 0.332 e. The van der Waals surface area contributed by atoms with Gasteiger partial charge in [0.1, 0.15) is 30.4 Å². The molecule has 0 unspecified atom stereocenters. The standard InChI is InChI=1S/C25H24ClF2N5O6/c1-4-29-21(34)12-39-18-8-14(26)16(9-19(18)38-11-13-15(28)6-5-7-17(13)36-2)33-23-22(32-25(33)35)24(37-3)31-20(10-27)30-23/h5-9H,4,10-12H2,1-3H3,(H,29,34)(H,32,35). The van der Waals surface area contributed by atoms with Crippen LogP contribution in [0.5, 0.6) is 23.1 Å². The number of rotatable bonds is 11. The van der Waals surface area contributed by atoms with Crippen molar-refractivity contribution in [2.75, 3.05) is 27.4 Å². The molecule has 0 saturated carbocycles. The topological polar surface area (TPSA) is 130 Å². The number of carbonyl (C=O) groups excluding carboxylic acids is 1. The number of aromatic amines is 1. The Bertz CT molecular complexity index is 1580. The van der Waals surface area contributed by atoms with E-state index in [1.54, 1.807) is 13.0 Å². The summed E-state index contributed by atoms with van der Waals surface area (Å²) in [5.74, 6) is -0.882. The number of imidazole rings is 1. The highest BCUT2D eigenvalue weighted by atomic mass is 35.5. The van der Waals surface area contributed by atoms with Crippen LogP contribution < -0.4 is 30.0 Å². The monoisotopic (exact) mass is 563 g/mol. The first-order valence-corrected chi connectivity index (χ1v) is 12.0. The van der Waals surface area contributed by atoms with Crippen LogP contribution in [-0.4, -0.2) is 52.8 Å². The average molecular weight is 564 g/mol. The van der Waals surface area contributed by atoms with Gasteiger partial charge < -0.3 is 24.3 Å². The van der Waals surface area contributed by atoms with Gasteiger partial charge in [-0.2, -0.15) is 4.98 Å². The zero-order chi connectivity index (χ0) is 28.1.